The van der Waals surface area contributed by atoms with Crippen molar-refractivity contribution in [1.82, 2.24) is 0 Å². The topological polar surface area (TPSA) is 72.6 Å². The van der Waals surface area contributed by atoms with Crippen molar-refractivity contribution < 1.29 is 14.6 Å². The predicted octanol–water partition coefficient (Wildman–Crippen LogP) is 0.994. The van der Waals surface area contributed by atoms with Crippen LogP contribution in [-0.2, 0) is 12.8 Å². The van der Waals surface area contributed by atoms with Crippen LogP contribution in [0.4, 0.5) is 4.79 Å². The fourth-order valence-corrected chi connectivity index (χ4v) is 1.94. The summed E-state index contributed by atoms with van der Waals surface area (Å²) in [5.41, 5.74) is 6.99. The highest BCUT2D eigenvalue weighted by atomic mass is 16.5. The van der Waals surface area contributed by atoms with Gasteiger partial charge in [0.05, 0.1) is 6.10 Å². The molecular formula is C11H13NO3. The first kappa shape index (κ1) is 9.98. The number of benzene rings is 1. The minimum absolute atomic E-state index is 0.352. The molecule has 4 heteroatoms. The predicted molar refractivity (Wildman–Crippen MR) is 54.7 cm³/mol. The number of aliphatic hydroxyl groups is 1. The first-order chi connectivity index (χ1) is 7.16. The maximum Gasteiger partial charge on any atom is 0.409 e. The molecule has 0 spiro atoms. The summed E-state index contributed by atoms with van der Waals surface area (Å²) in [6, 6.07) is 5.51. The molecule has 4 nitrogen and oxygen atoms in total. The first-order valence-electron chi connectivity index (χ1n) is 4.93. The molecule has 80 valence electrons. The molecule has 1 aromatic rings. The van der Waals surface area contributed by atoms with Gasteiger partial charge in [0.15, 0.2) is 0 Å². The van der Waals surface area contributed by atoms with E-state index in [4.69, 9.17) is 10.5 Å². The van der Waals surface area contributed by atoms with Crippen molar-refractivity contribution >= 4 is 6.09 Å². The number of amides is 1. The molecule has 1 aliphatic rings. The molecular weight excluding hydrogens is 194 g/mol. The third-order valence-corrected chi connectivity index (χ3v) is 2.63. The van der Waals surface area contributed by atoms with Crippen LogP contribution in [-0.4, -0.2) is 17.3 Å². The quantitative estimate of drug-likeness (QED) is 0.721. The van der Waals surface area contributed by atoms with E-state index in [2.05, 4.69) is 0 Å². The van der Waals surface area contributed by atoms with Crippen LogP contribution >= 0.6 is 0 Å². The number of carbonyl (C=O) groups excluding carboxylic acids is 1. The highest BCUT2D eigenvalue weighted by Crippen LogP contribution is 2.29. The van der Waals surface area contributed by atoms with Gasteiger partial charge in [0.2, 0.25) is 0 Å². The van der Waals surface area contributed by atoms with Crippen LogP contribution in [0.1, 0.15) is 17.5 Å². The van der Waals surface area contributed by atoms with E-state index in [1.54, 1.807) is 6.07 Å². The lowest BCUT2D eigenvalue weighted by Crippen LogP contribution is -2.22. The molecule has 1 aliphatic carbocycles. The Bertz CT molecular complexity index is 389. The van der Waals surface area contributed by atoms with Gasteiger partial charge in [0.25, 0.3) is 0 Å². The third kappa shape index (κ3) is 2.10. The normalized spacial score (nSPS) is 19.4. The highest BCUT2D eigenvalue weighted by molar-refractivity contribution is 5.69. The summed E-state index contributed by atoms with van der Waals surface area (Å²) in [5.74, 6) is 0.471. The van der Waals surface area contributed by atoms with Crippen molar-refractivity contribution in [3.8, 4) is 5.75 Å². The molecule has 0 fully saturated rings. The Morgan fingerprint density at radius 1 is 1.53 bits per heavy atom. The second-order valence-electron chi connectivity index (χ2n) is 3.71. The van der Waals surface area contributed by atoms with E-state index in [-0.39, 0.29) is 6.10 Å². The number of carbonyl (C=O) groups is 1. The molecule has 0 saturated carbocycles. The maximum absolute atomic E-state index is 10.7. The van der Waals surface area contributed by atoms with E-state index in [0.717, 1.165) is 24.0 Å². The smallest absolute Gasteiger partial charge is 0.409 e. The monoisotopic (exact) mass is 207 g/mol. The average molecular weight is 207 g/mol. The minimum atomic E-state index is -0.816. The van der Waals surface area contributed by atoms with E-state index >= 15 is 0 Å². The van der Waals surface area contributed by atoms with Gasteiger partial charge in [-0.1, -0.05) is 12.1 Å². The summed E-state index contributed by atoms with van der Waals surface area (Å²) in [6.45, 7) is 0. The first-order valence-corrected chi connectivity index (χ1v) is 4.93. The standard InChI is InChI=1S/C11H13NO3/c12-11(14)15-10-3-1-2-7-4-5-8(13)6-9(7)10/h1-3,8,13H,4-6H2,(H2,12,14). The molecule has 0 saturated heterocycles. The van der Waals surface area contributed by atoms with Gasteiger partial charge < -0.3 is 15.6 Å². The minimum Gasteiger partial charge on any atom is -0.410 e. The van der Waals surface area contributed by atoms with Crippen LogP contribution < -0.4 is 10.5 Å². The molecule has 2 rings (SSSR count). The van der Waals surface area contributed by atoms with Crippen LogP contribution in [0, 0.1) is 0 Å². The Balaban J connectivity index is 2.35. The number of ether oxygens (including phenoxy) is 1. The van der Waals surface area contributed by atoms with Gasteiger partial charge in [-0.3, -0.25) is 0 Å². The number of hydrogen-bond donors (Lipinski definition) is 2. The van der Waals surface area contributed by atoms with E-state index in [9.17, 15) is 9.90 Å². The fourth-order valence-electron chi connectivity index (χ4n) is 1.94. The van der Waals surface area contributed by atoms with Crippen LogP contribution in [0.5, 0.6) is 5.75 Å². The zero-order valence-electron chi connectivity index (χ0n) is 8.27. The summed E-state index contributed by atoms with van der Waals surface area (Å²) in [5, 5.41) is 9.54. The van der Waals surface area contributed by atoms with Crippen molar-refractivity contribution in [2.45, 2.75) is 25.4 Å². The van der Waals surface area contributed by atoms with Crippen molar-refractivity contribution in [3.63, 3.8) is 0 Å². The Hall–Kier alpha value is -1.55. The second kappa shape index (κ2) is 3.90. The van der Waals surface area contributed by atoms with Gasteiger partial charge in [-0.25, -0.2) is 4.79 Å². The lowest BCUT2D eigenvalue weighted by molar-refractivity contribution is 0.156. The number of aryl methyl sites for hydroxylation is 1. The molecule has 1 amide bonds. The zero-order chi connectivity index (χ0) is 10.8. The van der Waals surface area contributed by atoms with Crippen molar-refractivity contribution in [3.05, 3.63) is 29.3 Å². The Labute approximate surface area is 87.7 Å². The maximum atomic E-state index is 10.7. The van der Waals surface area contributed by atoms with Crippen LogP contribution in [0.2, 0.25) is 0 Å². The van der Waals surface area contributed by atoms with Gasteiger partial charge in [-0.2, -0.15) is 0 Å². The molecule has 1 atom stereocenters. The fraction of sp³-hybridized carbons (Fsp3) is 0.364. The SMILES string of the molecule is NC(=O)Oc1cccc2c1CC(O)CC2. The Morgan fingerprint density at radius 2 is 2.33 bits per heavy atom. The summed E-state index contributed by atoms with van der Waals surface area (Å²) in [7, 11) is 0. The summed E-state index contributed by atoms with van der Waals surface area (Å²) >= 11 is 0. The molecule has 0 radical (unpaired) electrons. The lowest BCUT2D eigenvalue weighted by Gasteiger charge is -2.22. The zero-order valence-corrected chi connectivity index (χ0v) is 8.27. The summed E-state index contributed by atoms with van der Waals surface area (Å²) in [6.07, 6.45) is 0.928. The third-order valence-electron chi connectivity index (χ3n) is 2.63. The van der Waals surface area contributed by atoms with E-state index in [1.165, 1.54) is 0 Å². The summed E-state index contributed by atoms with van der Waals surface area (Å²) in [4.78, 5) is 10.7. The van der Waals surface area contributed by atoms with E-state index in [0.29, 0.717) is 12.2 Å². The number of hydrogen-bond acceptors (Lipinski definition) is 3. The van der Waals surface area contributed by atoms with Gasteiger partial charge in [0.1, 0.15) is 5.75 Å². The molecule has 0 aliphatic heterocycles. The molecule has 0 bridgehead atoms. The van der Waals surface area contributed by atoms with Gasteiger partial charge >= 0.3 is 6.09 Å². The highest BCUT2D eigenvalue weighted by Gasteiger charge is 2.20. The van der Waals surface area contributed by atoms with Crippen LogP contribution in [0.25, 0.3) is 0 Å². The van der Waals surface area contributed by atoms with Crippen molar-refractivity contribution in [2.75, 3.05) is 0 Å². The molecule has 1 aromatic carbocycles. The number of nitrogens with two attached hydrogens (primary N) is 1. The molecule has 15 heavy (non-hydrogen) atoms. The second-order valence-corrected chi connectivity index (χ2v) is 3.71. The molecule has 0 aromatic heterocycles. The molecule has 3 N–H and O–H groups in total. The summed E-state index contributed by atoms with van der Waals surface area (Å²) < 4.78 is 4.89. The number of primary amides is 1. The van der Waals surface area contributed by atoms with Gasteiger partial charge in [-0.15, -0.1) is 0 Å². The Kier molecular flexibility index (Phi) is 2.60. The number of fused-ring (bicyclic) bond motifs is 1. The molecule has 0 heterocycles. The largest absolute Gasteiger partial charge is 0.410 e. The number of rotatable bonds is 1. The number of aliphatic hydroxyl groups excluding tert-OH is 1. The molecule has 1 unspecified atom stereocenters. The lowest BCUT2D eigenvalue weighted by atomic mass is 9.89. The van der Waals surface area contributed by atoms with E-state index in [1.807, 2.05) is 12.1 Å². The van der Waals surface area contributed by atoms with Crippen LogP contribution in [0.3, 0.4) is 0 Å². The van der Waals surface area contributed by atoms with Crippen LogP contribution in [0.15, 0.2) is 18.2 Å². The van der Waals surface area contributed by atoms with Crippen molar-refractivity contribution in [2.24, 2.45) is 5.73 Å². The average Bonchev–Trinajstić information content (AvgIpc) is 2.18. The van der Waals surface area contributed by atoms with Crippen molar-refractivity contribution in [1.29, 1.82) is 0 Å². The van der Waals surface area contributed by atoms with Gasteiger partial charge in [-0.05, 0) is 24.5 Å². The van der Waals surface area contributed by atoms with E-state index < -0.39 is 6.09 Å². The van der Waals surface area contributed by atoms with Gasteiger partial charge in [0, 0.05) is 12.0 Å². The Morgan fingerprint density at radius 3 is 3.07 bits per heavy atom.